The third kappa shape index (κ3) is 2.44. The fourth-order valence-corrected chi connectivity index (χ4v) is 1.41. The Morgan fingerprint density at radius 2 is 2.18 bits per heavy atom. The van der Waals surface area contributed by atoms with Crippen LogP contribution in [-0.2, 0) is 4.74 Å². The van der Waals surface area contributed by atoms with Crippen LogP contribution in [0.25, 0.3) is 11.3 Å². The molecule has 0 amide bonds. The molecule has 0 aliphatic rings. The monoisotopic (exact) mass is 229 g/mol. The minimum Gasteiger partial charge on any atom is -0.464 e. The smallest absolute Gasteiger partial charge is 0.356 e. The Morgan fingerprint density at radius 1 is 1.35 bits per heavy atom. The highest BCUT2D eigenvalue weighted by atomic mass is 16.5. The Labute approximate surface area is 98.5 Å². The highest BCUT2D eigenvalue weighted by Crippen LogP contribution is 2.16. The number of methoxy groups -OCH3 is 1. The molecule has 2 rings (SSSR count). The number of nitrogens with zero attached hydrogens (tertiary/aromatic N) is 3. The molecule has 0 aliphatic heterocycles. The van der Waals surface area contributed by atoms with Crippen molar-refractivity contribution >= 4 is 5.97 Å². The summed E-state index contributed by atoms with van der Waals surface area (Å²) in [5, 5.41) is 0. The highest BCUT2D eigenvalue weighted by Gasteiger charge is 2.09. The van der Waals surface area contributed by atoms with E-state index in [2.05, 4.69) is 19.7 Å². The third-order valence-corrected chi connectivity index (χ3v) is 2.21. The first-order chi connectivity index (χ1) is 8.20. The Balaban J connectivity index is 2.43. The van der Waals surface area contributed by atoms with E-state index in [1.165, 1.54) is 7.11 Å². The molecule has 0 unspecified atom stereocenters. The molecule has 0 N–H and O–H groups in total. The van der Waals surface area contributed by atoms with Crippen LogP contribution in [0.3, 0.4) is 0 Å². The van der Waals surface area contributed by atoms with Crippen LogP contribution in [0.1, 0.15) is 16.2 Å². The number of hydrogen-bond acceptors (Lipinski definition) is 5. The van der Waals surface area contributed by atoms with Crippen molar-refractivity contribution in [3.8, 4) is 11.3 Å². The van der Waals surface area contributed by atoms with E-state index in [-0.39, 0.29) is 5.69 Å². The molecule has 0 saturated heterocycles. The van der Waals surface area contributed by atoms with Crippen molar-refractivity contribution in [3.63, 3.8) is 0 Å². The van der Waals surface area contributed by atoms with Gasteiger partial charge in [-0.25, -0.2) is 14.8 Å². The van der Waals surface area contributed by atoms with Gasteiger partial charge in [0.2, 0.25) is 0 Å². The predicted octanol–water partition coefficient (Wildman–Crippen LogP) is 1.63. The molecule has 2 aromatic heterocycles. The molecule has 2 aromatic rings. The van der Waals surface area contributed by atoms with Crippen LogP contribution in [0.15, 0.2) is 30.7 Å². The maximum absolute atomic E-state index is 11.3. The first-order valence-corrected chi connectivity index (χ1v) is 5.04. The topological polar surface area (TPSA) is 65.0 Å². The van der Waals surface area contributed by atoms with Gasteiger partial charge in [-0.2, -0.15) is 0 Å². The minimum absolute atomic E-state index is 0.258. The van der Waals surface area contributed by atoms with Gasteiger partial charge in [0.05, 0.1) is 24.7 Å². The molecule has 86 valence electrons. The molecule has 0 radical (unpaired) electrons. The summed E-state index contributed by atoms with van der Waals surface area (Å²) in [5.74, 6) is -0.465. The summed E-state index contributed by atoms with van der Waals surface area (Å²) in [7, 11) is 1.32. The molecule has 0 bridgehead atoms. The van der Waals surface area contributed by atoms with Crippen molar-refractivity contribution < 1.29 is 9.53 Å². The second kappa shape index (κ2) is 4.69. The lowest BCUT2D eigenvalue weighted by Gasteiger charge is -2.03. The number of rotatable bonds is 2. The molecule has 5 heteroatoms. The summed E-state index contributed by atoms with van der Waals surface area (Å²) in [6, 6.07) is 3.41. The largest absolute Gasteiger partial charge is 0.464 e. The summed E-state index contributed by atoms with van der Waals surface area (Å²) in [5.41, 5.74) is 2.57. The first kappa shape index (κ1) is 11.2. The van der Waals surface area contributed by atoms with Gasteiger partial charge in [-0.3, -0.25) is 4.98 Å². The fourth-order valence-electron chi connectivity index (χ4n) is 1.41. The molecule has 0 spiro atoms. The number of aromatic nitrogens is 3. The van der Waals surface area contributed by atoms with Crippen molar-refractivity contribution in [3.05, 3.63) is 42.1 Å². The van der Waals surface area contributed by atoms with Crippen LogP contribution < -0.4 is 0 Å². The lowest BCUT2D eigenvalue weighted by Crippen LogP contribution is -2.04. The zero-order valence-electron chi connectivity index (χ0n) is 9.54. The highest BCUT2D eigenvalue weighted by molar-refractivity contribution is 5.88. The van der Waals surface area contributed by atoms with Gasteiger partial charge in [-0.15, -0.1) is 0 Å². The van der Waals surface area contributed by atoms with Gasteiger partial charge in [0.25, 0.3) is 0 Å². The van der Waals surface area contributed by atoms with E-state index < -0.39 is 5.97 Å². The molecule has 2 heterocycles. The van der Waals surface area contributed by atoms with Crippen LogP contribution in [0.4, 0.5) is 0 Å². The summed E-state index contributed by atoms with van der Waals surface area (Å²) < 4.78 is 4.61. The molecule has 0 saturated carbocycles. The summed E-state index contributed by atoms with van der Waals surface area (Å²) in [6.45, 7) is 1.86. The van der Waals surface area contributed by atoms with E-state index in [0.717, 1.165) is 11.3 Å². The van der Waals surface area contributed by atoms with Crippen LogP contribution in [0.2, 0.25) is 0 Å². The molecule has 5 nitrogen and oxygen atoms in total. The number of pyridine rings is 1. The average Bonchev–Trinajstić information content (AvgIpc) is 2.38. The van der Waals surface area contributed by atoms with Gasteiger partial charge in [0.15, 0.2) is 0 Å². The van der Waals surface area contributed by atoms with Crippen LogP contribution in [-0.4, -0.2) is 28.0 Å². The van der Waals surface area contributed by atoms with Crippen LogP contribution in [0.5, 0.6) is 0 Å². The Morgan fingerprint density at radius 3 is 2.88 bits per heavy atom. The zero-order chi connectivity index (χ0) is 12.3. The number of esters is 1. The van der Waals surface area contributed by atoms with Crippen molar-refractivity contribution in [2.75, 3.05) is 7.11 Å². The fraction of sp³-hybridized carbons (Fsp3) is 0.167. The first-order valence-electron chi connectivity index (χ1n) is 5.04. The summed E-state index contributed by atoms with van der Waals surface area (Å²) in [4.78, 5) is 23.7. The Kier molecular flexibility index (Phi) is 3.09. The molecule has 0 fully saturated rings. The van der Waals surface area contributed by atoms with E-state index in [4.69, 9.17) is 0 Å². The number of ether oxygens (including phenoxy) is 1. The van der Waals surface area contributed by atoms with Crippen molar-refractivity contribution in [1.82, 2.24) is 15.0 Å². The SMILES string of the molecule is COC(=O)c1cc(-c2cncc(C)n2)ccn1. The number of carbonyl (C=O) groups excluding carboxylic acids is 1. The lowest BCUT2D eigenvalue weighted by molar-refractivity contribution is 0.0594. The number of aryl methyl sites for hydroxylation is 1. The van der Waals surface area contributed by atoms with Gasteiger partial charge >= 0.3 is 5.97 Å². The van der Waals surface area contributed by atoms with E-state index in [1.807, 2.05) is 6.92 Å². The summed E-state index contributed by atoms with van der Waals surface area (Å²) >= 11 is 0. The Hall–Kier alpha value is -2.30. The molecule has 0 aliphatic carbocycles. The lowest BCUT2D eigenvalue weighted by atomic mass is 10.1. The third-order valence-electron chi connectivity index (χ3n) is 2.21. The van der Waals surface area contributed by atoms with Gasteiger partial charge in [0.1, 0.15) is 5.69 Å². The number of carbonyl (C=O) groups is 1. The maximum atomic E-state index is 11.3. The zero-order valence-corrected chi connectivity index (χ0v) is 9.54. The van der Waals surface area contributed by atoms with Gasteiger partial charge in [-0.1, -0.05) is 0 Å². The van der Waals surface area contributed by atoms with E-state index in [0.29, 0.717) is 5.69 Å². The van der Waals surface area contributed by atoms with Gasteiger partial charge in [0, 0.05) is 18.0 Å². The van der Waals surface area contributed by atoms with Crippen LogP contribution >= 0.6 is 0 Å². The molecule has 0 aromatic carbocycles. The Bertz CT molecular complexity index is 555. The van der Waals surface area contributed by atoms with Crippen molar-refractivity contribution in [2.45, 2.75) is 6.92 Å². The second-order valence-electron chi connectivity index (χ2n) is 3.47. The van der Waals surface area contributed by atoms with E-state index >= 15 is 0 Å². The maximum Gasteiger partial charge on any atom is 0.356 e. The molecule has 17 heavy (non-hydrogen) atoms. The standard InChI is InChI=1S/C12H11N3O2/c1-8-6-13-7-11(15-8)9-3-4-14-10(5-9)12(16)17-2/h3-7H,1-2H3. The van der Waals surface area contributed by atoms with Crippen LogP contribution in [0, 0.1) is 6.92 Å². The minimum atomic E-state index is -0.465. The average molecular weight is 229 g/mol. The number of hydrogen-bond donors (Lipinski definition) is 0. The van der Waals surface area contributed by atoms with E-state index in [9.17, 15) is 4.79 Å². The quantitative estimate of drug-likeness (QED) is 0.732. The van der Waals surface area contributed by atoms with Crippen molar-refractivity contribution in [2.24, 2.45) is 0 Å². The van der Waals surface area contributed by atoms with Crippen molar-refractivity contribution in [1.29, 1.82) is 0 Å². The summed E-state index contributed by atoms with van der Waals surface area (Å²) in [6.07, 6.45) is 4.86. The molecule has 0 atom stereocenters. The second-order valence-corrected chi connectivity index (χ2v) is 3.47. The molecular weight excluding hydrogens is 218 g/mol. The normalized spacial score (nSPS) is 10.0. The van der Waals surface area contributed by atoms with E-state index in [1.54, 1.807) is 30.7 Å². The molecular formula is C12H11N3O2. The predicted molar refractivity (Wildman–Crippen MR) is 61.3 cm³/mol. The van der Waals surface area contributed by atoms with Gasteiger partial charge in [-0.05, 0) is 19.1 Å². The van der Waals surface area contributed by atoms with Gasteiger partial charge < -0.3 is 4.74 Å².